The van der Waals surface area contributed by atoms with Crippen LogP contribution in [0.25, 0.3) is 0 Å². The fraction of sp³-hybridized carbons (Fsp3) is 0.154. The third kappa shape index (κ3) is 2.45. The third-order valence-corrected chi connectivity index (χ3v) is 2.87. The van der Waals surface area contributed by atoms with Gasteiger partial charge in [-0.15, -0.1) is 0 Å². The summed E-state index contributed by atoms with van der Waals surface area (Å²) >= 11 is 0. The van der Waals surface area contributed by atoms with Gasteiger partial charge in [-0.1, -0.05) is 12.1 Å². The molecular weight excluding hydrogens is 255 g/mol. The predicted octanol–water partition coefficient (Wildman–Crippen LogP) is 2.36. The van der Waals surface area contributed by atoms with Crippen LogP contribution in [0.5, 0.6) is 0 Å². The Labute approximate surface area is 108 Å². The first kappa shape index (κ1) is 13.5. The Hall–Kier alpha value is -1.92. The fourth-order valence-electron chi connectivity index (χ4n) is 1.88. The minimum atomic E-state index is -1.52. The lowest BCUT2D eigenvalue weighted by Gasteiger charge is -2.18. The number of nitrogens with zero attached hydrogens (tertiary/aromatic N) is 1. The van der Waals surface area contributed by atoms with Gasteiger partial charge in [0.05, 0.1) is 11.7 Å². The molecule has 3 nitrogen and oxygen atoms in total. The molecule has 1 aromatic heterocycles. The van der Waals surface area contributed by atoms with Crippen molar-refractivity contribution >= 4 is 0 Å². The second-order valence-electron chi connectivity index (χ2n) is 4.07. The van der Waals surface area contributed by atoms with Crippen LogP contribution in [0.3, 0.4) is 0 Å². The van der Waals surface area contributed by atoms with Crippen LogP contribution in [0.1, 0.15) is 22.9 Å². The number of nitrogens with one attached hydrogen (secondary N) is 1. The monoisotopic (exact) mass is 267 g/mol. The first-order valence-corrected chi connectivity index (χ1v) is 5.57. The number of aromatic nitrogens is 1. The lowest BCUT2D eigenvalue weighted by molar-refractivity contribution is 0.432. The van der Waals surface area contributed by atoms with E-state index in [0.29, 0.717) is 5.69 Å². The quantitative estimate of drug-likeness (QED) is 0.510. The standard InChI is InChI=1S/C13H12F3N3/c1-7-3-2-6-18-12(7)13(19-17)8-4-5-9(14)11(16)10(8)15/h2-6,13,19H,17H2,1H3. The summed E-state index contributed by atoms with van der Waals surface area (Å²) in [6.45, 7) is 1.77. The van der Waals surface area contributed by atoms with Crippen LogP contribution in [0.2, 0.25) is 0 Å². The van der Waals surface area contributed by atoms with E-state index in [1.807, 2.05) is 0 Å². The molecule has 0 fully saturated rings. The van der Waals surface area contributed by atoms with Gasteiger partial charge in [-0.05, 0) is 24.6 Å². The maximum atomic E-state index is 13.8. The Morgan fingerprint density at radius 2 is 1.89 bits per heavy atom. The zero-order valence-corrected chi connectivity index (χ0v) is 10.1. The molecule has 100 valence electrons. The van der Waals surface area contributed by atoms with E-state index in [0.717, 1.165) is 17.7 Å². The van der Waals surface area contributed by atoms with Gasteiger partial charge in [0.25, 0.3) is 0 Å². The van der Waals surface area contributed by atoms with E-state index in [9.17, 15) is 13.2 Å². The first-order chi connectivity index (χ1) is 9.06. The van der Waals surface area contributed by atoms with E-state index in [2.05, 4.69) is 10.4 Å². The van der Waals surface area contributed by atoms with Gasteiger partial charge in [0, 0.05) is 11.8 Å². The van der Waals surface area contributed by atoms with Crippen molar-refractivity contribution in [3.05, 3.63) is 64.7 Å². The van der Waals surface area contributed by atoms with Gasteiger partial charge in [-0.2, -0.15) is 0 Å². The molecule has 2 aromatic rings. The van der Waals surface area contributed by atoms with Gasteiger partial charge >= 0.3 is 0 Å². The van der Waals surface area contributed by atoms with E-state index in [1.54, 1.807) is 19.1 Å². The maximum Gasteiger partial charge on any atom is 0.194 e. The molecule has 19 heavy (non-hydrogen) atoms. The molecule has 0 saturated carbocycles. The van der Waals surface area contributed by atoms with E-state index in [4.69, 9.17) is 5.84 Å². The molecule has 2 rings (SSSR count). The van der Waals surface area contributed by atoms with Crippen LogP contribution < -0.4 is 11.3 Å². The third-order valence-electron chi connectivity index (χ3n) is 2.87. The Morgan fingerprint density at radius 3 is 2.53 bits per heavy atom. The van der Waals surface area contributed by atoms with Crippen LogP contribution in [-0.2, 0) is 0 Å². The molecule has 3 N–H and O–H groups in total. The largest absolute Gasteiger partial charge is 0.271 e. The fourth-order valence-corrected chi connectivity index (χ4v) is 1.88. The summed E-state index contributed by atoms with van der Waals surface area (Å²) in [6, 6.07) is 4.64. The van der Waals surface area contributed by atoms with Gasteiger partial charge in [0.2, 0.25) is 0 Å². The molecule has 1 atom stereocenters. The highest BCUT2D eigenvalue weighted by Gasteiger charge is 2.23. The summed E-state index contributed by atoms with van der Waals surface area (Å²) < 4.78 is 40.0. The average Bonchev–Trinajstić information content (AvgIpc) is 2.41. The average molecular weight is 267 g/mol. The number of rotatable bonds is 3. The number of hydrazine groups is 1. The molecule has 1 heterocycles. The van der Waals surface area contributed by atoms with Gasteiger partial charge in [0.1, 0.15) is 0 Å². The number of hydrogen-bond acceptors (Lipinski definition) is 3. The van der Waals surface area contributed by atoms with Crippen LogP contribution in [-0.4, -0.2) is 4.98 Å². The highest BCUT2D eigenvalue weighted by molar-refractivity contribution is 5.33. The molecule has 0 aliphatic rings. The van der Waals surface area contributed by atoms with Crippen molar-refractivity contribution in [2.45, 2.75) is 13.0 Å². The highest BCUT2D eigenvalue weighted by atomic mass is 19.2. The number of nitrogens with two attached hydrogens (primary N) is 1. The maximum absolute atomic E-state index is 13.8. The van der Waals surface area contributed by atoms with Crippen molar-refractivity contribution in [1.82, 2.24) is 10.4 Å². The van der Waals surface area contributed by atoms with Gasteiger partial charge in [0.15, 0.2) is 17.5 Å². The van der Waals surface area contributed by atoms with Gasteiger partial charge < -0.3 is 0 Å². The van der Waals surface area contributed by atoms with Gasteiger partial charge in [-0.25, -0.2) is 18.6 Å². The zero-order valence-electron chi connectivity index (χ0n) is 10.1. The van der Waals surface area contributed by atoms with E-state index in [1.165, 1.54) is 6.20 Å². The molecule has 1 unspecified atom stereocenters. The van der Waals surface area contributed by atoms with Crippen LogP contribution in [0.4, 0.5) is 13.2 Å². The molecule has 0 aliphatic carbocycles. The number of hydrogen-bond donors (Lipinski definition) is 2. The highest BCUT2D eigenvalue weighted by Crippen LogP contribution is 2.26. The number of pyridine rings is 1. The van der Waals surface area contributed by atoms with Crippen molar-refractivity contribution in [3.8, 4) is 0 Å². The minimum Gasteiger partial charge on any atom is -0.271 e. The summed E-state index contributed by atoms with van der Waals surface area (Å²) in [5, 5.41) is 0. The molecule has 0 aliphatic heterocycles. The Kier molecular flexibility index (Phi) is 3.82. The van der Waals surface area contributed by atoms with Crippen molar-refractivity contribution in [1.29, 1.82) is 0 Å². The number of halogens is 3. The smallest absolute Gasteiger partial charge is 0.194 e. The predicted molar refractivity (Wildman–Crippen MR) is 64.5 cm³/mol. The molecule has 1 aromatic carbocycles. The second-order valence-corrected chi connectivity index (χ2v) is 4.07. The van der Waals surface area contributed by atoms with Crippen LogP contribution >= 0.6 is 0 Å². The Morgan fingerprint density at radius 1 is 1.16 bits per heavy atom. The van der Waals surface area contributed by atoms with Crippen LogP contribution in [0, 0.1) is 24.4 Å². The van der Waals surface area contributed by atoms with Crippen molar-refractivity contribution in [3.63, 3.8) is 0 Å². The molecule has 0 radical (unpaired) electrons. The zero-order chi connectivity index (χ0) is 14.0. The molecule has 0 saturated heterocycles. The van der Waals surface area contributed by atoms with Gasteiger partial charge in [-0.3, -0.25) is 10.8 Å². The number of aryl methyl sites for hydroxylation is 1. The lowest BCUT2D eigenvalue weighted by Crippen LogP contribution is -2.31. The molecule has 6 heteroatoms. The number of benzene rings is 1. The lowest BCUT2D eigenvalue weighted by atomic mass is 9.99. The summed E-state index contributed by atoms with van der Waals surface area (Å²) in [6.07, 6.45) is 1.52. The topological polar surface area (TPSA) is 50.9 Å². The van der Waals surface area contributed by atoms with E-state index in [-0.39, 0.29) is 5.56 Å². The van der Waals surface area contributed by atoms with Crippen molar-refractivity contribution in [2.24, 2.45) is 5.84 Å². The summed E-state index contributed by atoms with van der Waals surface area (Å²) in [5.41, 5.74) is 3.49. The second kappa shape index (κ2) is 5.38. The SMILES string of the molecule is Cc1cccnc1C(NN)c1ccc(F)c(F)c1F. The summed E-state index contributed by atoms with van der Waals surface area (Å²) in [7, 11) is 0. The minimum absolute atomic E-state index is 0.0943. The summed E-state index contributed by atoms with van der Waals surface area (Å²) in [5.74, 6) is 1.36. The molecule has 0 bridgehead atoms. The van der Waals surface area contributed by atoms with Crippen molar-refractivity contribution in [2.75, 3.05) is 0 Å². The Balaban J connectivity index is 2.55. The van der Waals surface area contributed by atoms with Crippen molar-refractivity contribution < 1.29 is 13.2 Å². The van der Waals surface area contributed by atoms with E-state index >= 15 is 0 Å². The molecule has 0 amide bonds. The molecular formula is C13H12F3N3. The molecule has 0 spiro atoms. The Bertz CT molecular complexity index is 602. The normalized spacial score (nSPS) is 12.5. The summed E-state index contributed by atoms with van der Waals surface area (Å²) in [4.78, 5) is 4.09. The van der Waals surface area contributed by atoms with E-state index < -0.39 is 23.5 Å². The first-order valence-electron chi connectivity index (χ1n) is 5.57. The van der Waals surface area contributed by atoms with Crippen LogP contribution in [0.15, 0.2) is 30.5 Å².